The second-order valence-electron chi connectivity index (χ2n) is 5.42. The molecule has 0 radical (unpaired) electrons. The molecule has 0 saturated heterocycles. The molecule has 0 aliphatic carbocycles. The molecule has 0 aliphatic rings. The Labute approximate surface area is 138 Å². The molecule has 0 aliphatic heterocycles. The van der Waals surface area contributed by atoms with Gasteiger partial charge < -0.3 is 14.8 Å². The van der Waals surface area contributed by atoms with E-state index in [9.17, 15) is 40.3 Å². The van der Waals surface area contributed by atoms with Gasteiger partial charge in [-0.15, -0.1) is 0 Å². The van der Waals surface area contributed by atoms with Crippen LogP contribution in [0.4, 0.5) is 35.5 Å². The van der Waals surface area contributed by atoms with Crippen LogP contribution in [0.25, 0.3) is 0 Å². The van der Waals surface area contributed by atoms with Crippen LogP contribution < -0.4 is 5.32 Å². The molecule has 0 spiro atoms. The Bertz CT molecular complexity index is 466. The minimum absolute atomic E-state index is 0.255. The summed E-state index contributed by atoms with van der Waals surface area (Å²) in [5.74, 6) is -13.9. The summed E-state index contributed by atoms with van der Waals surface area (Å²) in [6, 6.07) is -2.46. The number of nitrogens with one attached hydrogen (secondary N) is 1. The van der Waals surface area contributed by atoms with Crippen molar-refractivity contribution in [1.82, 2.24) is 5.32 Å². The van der Waals surface area contributed by atoms with E-state index in [0.29, 0.717) is 0 Å². The summed E-state index contributed by atoms with van der Waals surface area (Å²) >= 11 is 0. The number of halogens is 7. The van der Waals surface area contributed by atoms with E-state index in [1.807, 2.05) is 0 Å². The van der Waals surface area contributed by atoms with Gasteiger partial charge in [0.2, 0.25) is 0 Å². The number of hydrogen-bond acceptors (Lipinski definition) is 4. The molecular formula is C13H18F7NO4. The topological polar surface area (TPSA) is 64.6 Å². The minimum atomic E-state index is -6.55. The fourth-order valence-corrected chi connectivity index (χ4v) is 1.45. The molecule has 12 heteroatoms. The molecule has 1 unspecified atom stereocenters. The van der Waals surface area contributed by atoms with E-state index in [1.54, 1.807) is 13.8 Å². The van der Waals surface area contributed by atoms with Crippen LogP contribution in [-0.4, -0.2) is 49.3 Å². The summed E-state index contributed by atoms with van der Waals surface area (Å²) in [7, 11) is 0. The third kappa shape index (κ3) is 6.58. The van der Waals surface area contributed by atoms with Crippen molar-refractivity contribution >= 4 is 12.1 Å². The van der Waals surface area contributed by atoms with Crippen molar-refractivity contribution in [3.63, 3.8) is 0 Å². The predicted octanol–water partition coefficient (Wildman–Crippen LogP) is 3.52. The summed E-state index contributed by atoms with van der Waals surface area (Å²) in [6.07, 6.45) is -10.3. The van der Waals surface area contributed by atoms with Crippen LogP contribution in [0.1, 0.15) is 27.2 Å². The molecule has 148 valence electrons. The number of hydrogen-bond donors (Lipinski definition) is 1. The Balaban J connectivity index is 5.39. The molecule has 0 aromatic heterocycles. The number of esters is 1. The number of alkyl carbamates (subject to hydrolysis) is 1. The van der Waals surface area contributed by atoms with Crippen LogP contribution >= 0.6 is 0 Å². The third-order valence-corrected chi connectivity index (χ3v) is 2.69. The van der Waals surface area contributed by atoms with Crippen LogP contribution in [-0.2, 0) is 14.3 Å². The summed E-state index contributed by atoms with van der Waals surface area (Å²) in [6.45, 7) is 3.87. The second kappa shape index (κ2) is 8.56. The smallest absolute Gasteiger partial charge is 0.459 e. The molecular weight excluding hydrogens is 367 g/mol. The average molecular weight is 385 g/mol. The van der Waals surface area contributed by atoms with E-state index in [2.05, 4.69) is 9.47 Å². The van der Waals surface area contributed by atoms with E-state index in [4.69, 9.17) is 0 Å². The molecule has 0 aromatic rings. The van der Waals surface area contributed by atoms with Gasteiger partial charge in [0.15, 0.2) is 0 Å². The molecule has 0 saturated carbocycles. The summed E-state index contributed by atoms with van der Waals surface area (Å²) in [4.78, 5) is 22.9. The van der Waals surface area contributed by atoms with Gasteiger partial charge in [0.25, 0.3) is 0 Å². The highest BCUT2D eigenvalue weighted by molar-refractivity contribution is 5.81. The van der Waals surface area contributed by atoms with Crippen molar-refractivity contribution in [3.8, 4) is 0 Å². The van der Waals surface area contributed by atoms with Gasteiger partial charge >= 0.3 is 30.1 Å². The quantitative estimate of drug-likeness (QED) is 0.513. The van der Waals surface area contributed by atoms with Gasteiger partial charge in [-0.3, -0.25) is 0 Å². The summed E-state index contributed by atoms with van der Waals surface area (Å²) in [5, 5.41) is 1.50. The highest BCUT2D eigenvalue weighted by Crippen LogP contribution is 2.48. The lowest BCUT2D eigenvalue weighted by atomic mass is 10.0. The lowest BCUT2D eigenvalue weighted by Crippen LogP contribution is -2.56. The third-order valence-electron chi connectivity index (χ3n) is 2.69. The Hall–Kier alpha value is -1.75. The van der Waals surface area contributed by atoms with Crippen LogP contribution in [0.2, 0.25) is 0 Å². The molecule has 0 heterocycles. The summed E-state index contributed by atoms with van der Waals surface area (Å²) in [5.41, 5.74) is 0. The fraction of sp³-hybridized carbons (Fsp3) is 0.846. The number of ether oxygens (including phenoxy) is 2. The van der Waals surface area contributed by atoms with E-state index in [1.165, 1.54) is 12.2 Å². The molecule has 1 N–H and O–H groups in total. The zero-order valence-corrected chi connectivity index (χ0v) is 13.6. The number of carbonyl (C=O) groups excluding carboxylic acids is 2. The largest absolute Gasteiger partial charge is 0.464 e. The van der Waals surface area contributed by atoms with E-state index in [0.717, 1.165) is 0 Å². The van der Waals surface area contributed by atoms with E-state index in [-0.39, 0.29) is 19.1 Å². The first-order valence-corrected chi connectivity index (χ1v) is 7.08. The lowest BCUT2D eigenvalue weighted by Gasteiger charge is -2.30. The molecule has 0 fully saturated rings. The molecule has 0 rings (SSSR count). The number of alkyl halides is 7. The van der Waals surface area contributed by atoms with Gasteiger partial charge in [0.05, 0.1) is 13.2 Å². The molecule has 5 nitrogen and oxygen atoms in total. The fourth-order valence-electron chi connectivity index (χ4n) is 1.45. The average Bonchev–Trinajstić information content (AvgIpc) is 2.42. The maximum absolute atomic E-state index is 13.5. The van der Waals surface area contributed by atoms with Gasteiger partial charge in [-0.05, 0) is 12.8 Å². The van der Waals surface area contributed by atoms with E-state index < -0.39 is 42.5 Å². The Kier molecular flexibility index (Phi) is 7.97. The normalized spacial score (nSPS) is 14.2. The van der Waals surface area contributed by atoms with Crippen LogP contribution in [0.3, 0.4) is 0 Å². The van der Waals surface area contributed by atoms with Crippen LogP contribution in [0, 0.1) is 5.92 Å². The van der Waals surface area contributed by atoms with Gasteiger partial charge in [0, 0.05) is 6.42 Å². The molecule has 0 bridgehead atoms. The molecule has 0 aromatic carbocycles. The van der Waals surface area contributed by atoms with Gasteiger partial charge in [-0.1, -0.05) is 13.8 Å². The lowest BCUT2D eigenvalue weighted by molar-refractivity contribution is -0.356. The van der Waals surface area contributed by atoms with Crippen LogP contribution in [0.15, 0.2) is 0 Å². The maximum atomic E-state index is 13.5. The van der Waals surface area contributed by atoms with Crippen molar-refractivity contribution < 1.29 is 49.8 Å². The van der Waals surface area contributed by atoms with Crippen molar-refractivity contribution in [2.75, 3.05) is 13.2 Å². The van der Waals surface area contributed by atoms with Crippen molar-refractivity contribution in [2.24, 2.45) is 5.92 Å². The zero-order valence-electron chi connectivity index (χ0n) is 13.6. The summed E-state index contributed by atoms with van der Waals surface area (Å²) < 4.78 is 98.2. The standard InChI is InChI=1S/C13H18F7NO4/c1-4-24-10(23)21-8(9(22)25-6-7(2)3)5-11(14,15)12(16,17)13(18,19)20/h7-8H,4-6H2,1-3H3,(H,21,23). The van der Waals surface area contributed by atoms with Crippen molar-refractivity contribution in [3.05, 3.63) is 0 Å². The number of carbonyl (C=O) groups is 2. The van der Waals surface area contributed by atoms with Crippen molar-refractivity contribution in [1.29, 1.82) is 0 Å². The van der Waals surface area contributed by atoms with Crippen molar-refractivity contribution in [2.45, 2.75) is 51.3 Å². The maximum Gasteiger partial charge on any atom is 0.459 e. The number of rotatable bonds is 8. The Morgan fingerprint density at radius 1 is 1.00 bits per heavy atom. The first-order valence-electron chi connectivity index (χ1n) is 7.08. The molecule has 1 atom stereocenters. The van der Waals surface area contributed by atoms with Gasteiger partial charge in [-0.2, -0.15) is 30.7 Å². The first-order chi connectivity index (χ1) is 11.2. The van der Waals surface area contributed by atoms with E-state index >= 15 is 0 Å². The van der Waals surface area contributed by atoms with Gasteiger partial charge in [-0.25, -0.2) is 9.59 Å². The monoisotopic (exact) mass is 385 g/mol. The van der Waals surface area contributed by atoms with Gasteiger partial charge in [0.1, 0.15) is 6.04 Å². The Morgan fingerprint density at radius 3 is 1.92 bits per heavy atom. The number of amides is 1. The Morgan fingerprint density at radius 2 is 1.52 bits per heavy atom. The first kappa shape index (κ1) is 23.2. The highest BCUT2D eigenvalue weighted by atomic mass is 19.4. The second-order valence-corrected chi connectivity index (χ2v) is 5.42. The molecule has 25 heavy (non-hydrogen) atoms. The highest BCUT2D eigenvalue weighted by Gasteiger charge is 2.73. The SMILES string of the molecule is CCOC(=O)NC(CC(F)(F)C(F)(F)C(F)(F)F)C(=O)OCC(C)C. The molecule has 1 amide bonds. The zero-order chi connectivity index (χ0) is 20.1. The minimum Gasteiger partial charge on any atom is -0.464 e. The van der Waals surface area contributed by atoms with Crippen LogP contribution in [0.5, 0.6) is 0 Å². The predicted molar refractivity (Wildman–Crippen MR) is 70.3 cm³/mol.